The van der Waals surface area contributed by atoms with Gasteiger partial charge in [0, 0.05) is 25.2 Å². The molecule has 0 bridgehead atoms. The van der Waals surface area contributed by atoms with Crippen LogP contribution in [-0.4, -0.2) is 38.9 Å². The quantitative estimate of drug-likeness (QED) is 0.925. The van der Waals surface area contributed by atoms with Crippen molar-refractivity contribution in [1.29, 1.82) is 0 Å². The molecule has 7 heteroatoms. The number of hydrogen-bond donors (Lipinski definition) is 1. The summed E-state index contributed by atoms with van der Waals surface area (Å²) in [7, 11) is -0.510. The number of rotatable bonds is 4. The number of hydrogen-bond acceptors (Lipinski definition) is 3. The highest BCUT2D eigenvalue weighted by molar-refractivity contribution is 7.89. The highest BCUT2D eigenvalue weighted by Gasteiger charge is 2.31. The Kier molecular flexibility index (Phi) is 4.95. The third-order valence-corrected chi connectivity index (χ3v) is 6.02. The van der Waals surface area contributed by atoms with Crippen molar-refractivity contribution in [2.75, 3.05) is 14.1 Å². The fourth-order valence-electron chi connectivity index (χ4n) is 2.77. The van der Waals surface area contributed by atoms with Gasteiger partial charge in [0.15, 0.2) is 0 Å². The molecule has 118 valence electrons. The molecule has 0 atom stereocenters. The lowest BCUT2D eigenvalue weighted by Crippen LogP contribution is -2.42. The third-order valence-electron chi connectivity index (χ3n) is 4.13. The number of sulfonamides is 1. The van der Waals surface area contributed by atoms with Gasteiger partial charge in [0.05, 0.1) is 4.90 Å². The zero-order valence-corrected chi connectivity index (χ0v) is 13.0. The topological polar surface area (TPSA) is 49.4 Å². The van der Waals surface area contributed by atoms with Gasteiger partial charge >= 0.3 is 0 Å². The predicted octanol–water partition coefficient (Wildman–Crippen LogP) is 2.12. The average Bonchev–Trinajstić information content (AvgIpc) is 2.45. The fraction of sp³-hybridized carbons (Fsp3) is 0.571. The largest absolute Gasteiger partial charge is 0.317 e. The van der Waals surface area contributed by atoms with Crippen molar-refractivity contribution in [2.24, 2.45) is 0 Å². The second-order valence-corrected chi connectivity index (χ2v) is 7.42. The van der Waals surface area contributed by atoms with Crippen molar-refractivity contribution >= 4 is 10.0 Å². The highest BCUT2D eigenvalue weighted by atomic mass is 32.2. The van der Waals surface area contributed by atoms with Gasteiger partial charge in [-0.2, -0.15) is 4.31 Å². The molecule has 21 heavy (non-hydrogen) atoms. The maximum absolute atomic E-state index is 13.2. The van der Waals surface area contributed by atoms with E-state index in [2.05, 4.69) is 5.32 Å². The summed E-state index contributed by atoms with van der Waals surface area (Å²) in [5, 5.41) is 3.18. The standard InChI is InChI=1S/C14H20F2N2O2S/c1-17-12-3-5-13(6-4-12)18(2)21(19,20)14-8-10(15)7-11(16)9-14/h7-9,12-13,17H,3-6H2,1-2H3. The molecule has 0 amide bonds. The smallest absolute Gasteiger partial charge is 0.243 e. The van der Waals surface area contributed by atoms with Crippen molar-refractivity contribution in [3.63, 3.8) is 0 Å². The molecule has 0 unspecified atom stereocenters. The molecular formula is C14H20F2N2O2S. The van der Waals surface area contributed by atoms with E-state index in [1.165, 1.54) is 11.4 Å². The van der Waals surface area contributed by atoms with Gasteiger partial charge in [0.25, 0.3) is 0 Å². The summed E-state index contributed by atoms with van der Waals surface area (Å²) in [4.78, 5) is -0.335. The maximum Gasteiger partial charge on any atom is 0.243 e. The van der Waals surface area contributed by atoms with Crippen molar-refractivity contribution in [1.82, 2.24) is 9.62 Å². The van der Waals surface area contributed by atoms with E-state index in [4.69, 9.17) is 0 Å². The molecule has 1 aromatic rings. The van der Waals surface area contributed by atoms with Crippen LogP contribution in [0.2, 0.25) is 0 Å². The van der Waals surface area contributed by atoms with Crippen LogP contribution in [0.3, 0.4) is 0 Å². The average molecular weight is 318 g/mol. The van der Waals surface area contributed by atoms with E-state index in [1.54, 1.807) is 0 Å². The Morgan fingerprint density at radius 3 is 2.10 bits per heavy atom. The molecule has 0 aromatic heterocycles. The first kappa shape index (κ1) is 16.3. The Hall–Kier alpha value is -1.05. The summed E-state index contributed by atoms with van der Waals surface area (Å²) >= 11 is 0. The Morgan fingerprint density at radius 2 is 1.62 bits per heavy atom. The zero-order valence-electron chi connectivity index (χ0n) is 12.1. The summed E-state index contributed by atoms with van der Waals surface area (Å²) in [5.41, 5.74) is 0. The van der Waals surface area contributed by atoms with Crippen LogP contribution in [0.5, 0.6) is 0 Å². The third kappa shape index (κ3) is 3.59. The lowest BCUT2D eigenvalue weighted by Gasteiger charge is -2.33. The highest BCUT2D eigenvalue weighted by Crippen LogP contribution is 2.27. The number of nitrogens with one attached hydrogen (secondary N) is 1. The Bertz CT molecular complexity index is 579. The molecule has 2 rings (SSSR count). The molecule has 1 fully saturated rings. The van der Waals surface area contributed by atoms with Gasteiger partial charge in [0.2, 0.25) is 10.0 Å². The zero-order chi connectivity index (χ0) is 15.6. The van der Waals surface area contributed by atoms with Gasteiger partial charge < -0.3 is 5.32 Å². The molecular weight excluding hydrogens is 298 g/mol. The van der Waals surface area contributed by atoms with Gasteiger partial charge in [-0.3, -0.25) is 0 Å². The van der Waals surface area contributed by atoms with E-state index in [9.17, 15) is 17.2 Å². The van der Waals surface area contributed by atoms with Crippen LogP contribution in [0.4, 0.5) is 8.78 Å². The lowest BCUT2D eigenvalue weighted by molar-refractivity contribution is 0.255. The molecule has 1 aromatic carbocycles. The summed E-state index contributed by atoms with van der Waals surface area (Å²) in [6, 6.07) is 2.65. The molecule has 1 N–H and O–H groups in total. The second kappa shape index (κ2) is 6.37. The Balaban J connectivity index is 2.19. The van der Waals surface area contributed by atoms with Crippen LogP contribution in [0, 0.1) is 11.6 Å². The number of benzene rings is 1. The number of nitrogens with zero attached hydrogens (tertiary/aromatic N) is 1. The lowest BCUT2D eigenvalue weighted by atomic mass is 9.91. The minimum absolute atomic E-state index is 0.133. The Morgan fingerprint density at radius 1 is 1.10 bits per heavy atom. The monoisotopic (exact) mass is 318 g/mol. The van der Waals surface area contributed by atoms with E-state index < -0.39 is 21.7 Å². The van der Waals surface area contributed by atoms with Crippen LogP contribution >= 0.6 is 0 Å². The first-order valence-electron chi connectivity index (χ1n) is 6.96. The van der Waals surface area contributed by atoms with Crippen LogP contribution in [0.15, 0.2) is 23.1 Å². The normalized spacial score (nSPS) is 23.5. The first-order valence-corrected chi connectivity index (χ1v) is 8.40. The van der Waals surface area contributed by atoms with Crippen molar-refractivity contribution in [2.45, 2.75) is 42.7 Å². The molecule has 0 radical (unpaired) electrons. The maximum atomic E-state index is 13.2. The van der Waals surface area contributed by atoms with Gasteiger partial charge in [0.1, 0.15) is 11.6 Å². The van der Waals surface area contributed by atoms with Gasteiger partial charge in [-0.05, 0) is 44.9 Å². The van der Waals surface area contributed by atoms with Crippen molar-refractivity contribution in [3.8, 4) is 0 Å². The fourth-order valence-corrected chi connectivity index (χ4v) is 4.23. The van der Waals surface area contributed by atoms with Crippen molar-refractivity contribution < 1.29 is 17.2 Å². The van der Waals surface area contributed by atoms with Crippen molar-refractivity contribution in [3.05, 3.63) is 29.8 Å². The summed E-state index contributed by atoms with van der Waals surface area (Å²) in [6.07, 6.45) is 3.25. The van der Waals surface area contributed by atoms with Crippen LogP contribution < -0.4 is 5.32 Å². The van der Waals surface area contributed by atoms with Crippen LogP contribution in [0.1, 0.15) is 25.7 Å². The van der Waals surface area contributed by atoms with E-state index in [-0.39, 0.29) is 10.9 Å². The molecule has 4 nitrogen and oxygen atoms in total. The summed E-state index contributed by atoms with van der Waals surface area (Å²) in [6.45, 7) is 0. The molecule has 0 aliphatic heterocycles. The first-order chi connectivity index (χ1) is 9.84. The number of halogens is 2. The van der Waals surface area contributed by atoms with Gasteiger partial charge in [-0.15, -0.1) is 0 Å². The molecule has 0 saturated heterocycles. The van der Waals surface area contributed by atoms with E-state index in [0.717, 1.165) is 37.8 Å². The molecule has 1 saturated carbocycles. The van der Waals surface area contributed by atoms with Gasteiger partial charge in [-0.1, -0.05) is 0 Å². The van der Waals surface area contributed by atoms with Gasteiger partial charge in [-0.25, -0.2) is 17.2 Å². The minimum atomic E-state index is -3.87. The van der Waals surface area contributed by atoms with Crippen LogP contribution in [0.25, 0.3) is 0 Å². The van der Waals surface area contributed by atoms with E-state index >= 15 is 0 Å². The summed E-state index contributed by atoms with van der Waals surface area (Å²) in [5.74, 6) is -1.78. The molecule has 0 spiro atoms. The molecule has 0 heterocycles. The molecule has 1 aliphatic rings. The van der Waals surface area contributed by atoms with E-state index in [1.807, 2.05) is 7.05 Å². The minimum Gasteiger partial charge on any atom is -0.317 e. The second-order valence-electron chi connectivity index (χ2n) is 5.42. The SMILES string of the molecule is CNC1CCC(N(C)S(=O)(=O)c2cc(F)cc(F)c2)CC1. The van der Waals surface area contributed by atoms with Crippen LogP contribution in [-0.2, 0) is 10.0 Å². The predicted molar refractivity (Wildman–Crippen MR) is 76.4 cm³/mol. The Labute approximate surface area is 124 Å². The van der Waals surface area contributed by atoms with E-state index in [0.29, 0.717) is 12.1 Å². The summed E-state index contributed by atoms with van der Waals surface area (Å²) < 4.78 is 52.6. The molecule has 1 aliphatic carbocycles.